The van der Waals surface area contributed by atoms with E-state index in [-0.39, 0.29) is 17.3 Å². The predicted octanol–water partition coefficient (Wildman–Crippen LogP) is 0.868. The molecule has 0 aliphatic heterocycles. The summed E-state index contributed by atoms with van der Waals surface area (Å²) in [6.07, 6.45) is 0. The van der Waals surface area contributed by atoms with Gasteiger partial charge in [-0.3, -0.25) is 14.1 Å². The number of rotatable bonds is 4. The molecule has 0 atom stereocenters. The molecule has 1 amide bonds. The van der Waals surface area contributed by atoms with E-state index in [1.807, 2.05) is 4.72 Å². The summed E-state index contributed by atoms with van der Waals surface area (Å²) in [7, 11) is -2.96. The van der Waals surface area contributed by atoms with Crippen LogP contribution in [0.1, 0.15) is 6.92 Å². The third kappa shape index (κ3) is 4.29. The Morgan fingerprint density at radius 2 is 2.06 bits per heavy atom. The van der Waals surface area contributed by atoms with Crippen molar-refractivity contribution in [3.05, 3.63) is 18.2 Å². The van der Waals surface area contributed by atoms with Gasteiger partial charge in [-0.25, -0.2) is 0 Å². The molecule has 0 fully saturated rings. The van der Waals surface area contributed by atoms with Gasteiger partial charge in [0.05, 0.1) is 18.5 Å². The fourth-order valence-electron chi connectivity index (χ4n) is 1.20. The molecule has 0 bridgehead atoms. The fraction of sp³-hybridized carbons (Fsp3) is 0.222. The molecular weight excluding hydrogens is 248 g/mol. The molecule has 8 heteroatoms. The first-order valence-corrected chi connectivity index (χ1v) is 5.96. The van der Waals surface area contributed by atoms with Crippen LogP contribution in [0.3, 0.4) is 0 Å². The van der Waals surface area contributed by atoms with Crippen molar-refractivity contribution in [2.24, 2.45) is 0 Å². The van der Waals surface area contributed by atoms with Gasteiger partial charge in [0, 0.05) is 13.0 Å². The number of hydrogen-bond donors (Lipinski definition) is 3. The second-order valence-corrected chi connectivity index (χ2v) is 4.33. The van der Waals surface area contributed by atoms with E-state index >= 15 is 0 Å². The van der Waals surface area contributed by atoms with Crippen molar-refractivity contribution in [2.45, 2.75) is 6.92 Å². The van der Waals surface area contributed by atoms with Gasteiger partial charge < -0.3 is 10.1 Å². The lowest BCUT2D eigenvalue weighted by Crippen LogP contribution is -2.11. The maximum absolute atomic E-state index is 10.9. The second kappa shape index (κ2) is 5.02. The average molecular weight is 260 g/mol. The lowest BCUT2D eigenvalue weighted by atomic mass is 10.2. The van der Waals surface area contributed by atoms with Gasteiger partial charge >= 0.3 is 10.3 Å². The summed E-state index contributed by atoms with van der Waals surface area (Å²) in [5, 5.41) is 2.51. The molecule has 0 unspecified atom stereocenters. The maximum Gasteiger partial charge on any atom is 0.357 e. The van der Waals surface area contributed by atoms with Gasteiger partial charge in [-0.05, 0) is 12.1 Å². The van der Waals surface area contributed by atoms with Crippen LogP contribution < -0.4 is 14.8 Å². The Bertz CT molecular complexity index is 526. The van der Waals surface area contributed by atoms with Crippen molar-refractivity contribution >= 4 is 27.6 Å². The minimum Gasteiger partial charge on any atom is -0.494 e. The molecule has 0 aliphatic carbocycles. The number of anilines is 2. The Balaban J connectivity index is 3.04. The molecule has 1 aromatic carbocycles. The van der Waals surface area contributed by atoms with Crippen LogP contribution in [0.5, 0.6) is 5.75 Å². The van der Waals surface area contributed by atoms with Crippen LogP contribution in [0.15, 0.2) is 18.2 Å². The van der Waals surface area contributed by atoms with Crippen LogP contribution in [0.4, 0.5) is 11.4 Å². The molecular formula is C9H12N2O5S. The number of nitrogens with one attached hydrogen (secondary N) is 2. The number of amides is 1. The molecule has 0 aromatic heterocycles. The summed E-state index contributed by atoms with van der Waals surface area (Å²) in [6.45, 7) is 1.34. The molecule has 0 saturated heterocycles. The second-order valence-electron chi connectivity index (χ2n) is 3.17. The van der Waals surface area contributed by atoms with Gasteiger partial charge in [-0.2, -0.15) is 8.42 Å². The van der Waals surface area contributed by atoms with Crippen LogP contribution >= 0.6 is 0 Å². The van der Waals surface area contributed by atoms with Crippen molar-refractivity contribution < 1.29 is 22.5 Å². The van der Waals surface area contributed by atoms with Gasteiger partial charge in [0.15, 0.2) is 0 Å². The van der Waals surface area contributed by atoms with E-state index in [1.165, 1.54) is 32.2 Å². The molecule has 7 nitrogen and oxygen atoms in total. The van der Waals surface area contributed by atoms with Crippen molar-refractivity contribution in [1.82, 2.24) is 0 Å². The number of carbonyl (C=O) groups is 1. The van der Waals surface area contributed by atoms with Gasteiger partial charge in [0.25, 0.3) is 0 Å². The van der Waals surface area contributed by atoms with Gasteiger partial charge in [0.2, 0.25) is 5.91 Å². The molecule has 0 radical (unpaired) electrons. The first-order valence-electron chi connectivity index (χ1n) is 4.52. The van der Waals surface area contributed by atoms with Gasteiger partial charge in [0.1, 0.15) is 5.75 Å². The summed E-state index contributed by atoms with van der Waals surface area (Å²) in [5.74, 6) is -0.00682. The standard InChI is InChI=1S/C9H12N2O5S/c1-6(12)10-8-4-3-7(5-9(8)16-2)11-17(13,14)15/h3-5,11H,1-2H3,(H,10,12)(H,13,14,15). The highest BCUT2D eigenvalue weighted by molar-refractivity contribution is 7.87. The van der Waals surface area contributed by atoms with Crippen LogP contribution in [-0.4, -0.2) is 26.0 Å². The smallest absolute Gasteiger partial charge is 0.357 e. The van der Waals surface area contributed by atoms with Crippen molar-refractivity contribution in [3.8, 4) is 5.75 Å². The summed E-state index contributed by atoms with van der Waals surface area (Å²) >= 11 is 0. The Hall–Kier alpha value is -1.80. The maximum atomic E-state index is 10.9. The first-order chi connectivity index (χ1) is 7.81. The van der Waals surface area contributed by atoms with Crippen molar-refractivity contribution in [3.63, 3.8) is 0 Å². The van der Waals surface area contributed by atoms with Gasteiger partial charge in [-0.1, -0.05) is 0 Å². The Morgan fingerprint density at radius 3 is 2.53 bits per heavy atom. The number of carbonyl (C=O) groups excluding carboxylic acids is 1. The number of ether oxygens (including phenoxy) is 1. The normalized spacial score (nSPS) is 10.8. The largest absolute Gasteiger partial charge is 0.494 e. The van der Waals surface area contributed by atoms with E-state index in [0.29, 0.717) is 5.69 Å². The van der Waals surface area contributed by atoms with Crippen LogP contribution in [0.2, 0.25) is 0 Å². The summed E-state index contributed by atoms with van der Waals surface area (Å²) in [6, 6.07) is 4.16. The van der Waals surface area contributed by atoms with E-state index in [9.17, 15) is 13.2 Å². The highest BCUT2D eigenvalue weighted by atomic mass is 32.2. The monoisotopic (exact) mass is 260 g/mol. The lowest BCUT2D eigenvalue weighted by molar-refractivity contribution is -0.114. The van der Waals surface area contributed by atoms with Crippen LogP contribution in [0, 0.1) is 0 Å². The van der Waals surface area contributed by atoms with E-state index in [1.54, 1.807) is 0 Å². The van der Waals surface area contributed by atoms with E-state index in [2.05, 4.69) is 5.32 Å². The van der Waals surface area contributed by atoms with Crippen molar-refractivity contribution in [2.75, 3.05) is 17.1 Å². The predicted molar refractivity (Wildman–Crippen MR) is 62.5 cm³/mol. The quantitative estimate of drug-likeness (QED) is 0.697. The zero-order valence-corrected chi connectivity index (χ0v) is 10.0. The molecule has 1 aromatic rings. The molecule has 0 saturated carbocycles. The molecule has 0 spiro atoms. The van der Waals surface area contributed by atoms with Crippen LogP contribution in [-0.2, 0) is 15.1 Å². The molecule has 0 aliphatic rings. The molecule has 94 valence electrons. The first kappa shape index (κ1) is 13.3. The Kier molecular flexibility index (Phi) is 3.92. The summed E-state index contributed by atoms with van der Waals surface area (Å²) in [5.41, 5.74) is 0.527. The zero-order valence-electron chi connectivity index (χ0n) is 9.22. The van der Waals surface area contributed by atoms with Gasteiger partial charge in [-0.15, -0.1) is 0 Å². The number of benzene rings is 1. The minimum atomic E-state index is -4.33. The number of methoxy groups -OCH3 is 1. The Labute approximate surface area is 98.7 Å². The fourth-order valence-corrected chi connectivity index (χ4v) is 1.62. The van der Waals surface area contributed by atoms with E-state index in [0.717, 1.165) is 0 Å². The topological polar surface area (TPSA) is 105 Å². The molecule has 1 rings (SSSR count). The molecule has 0 heterocycles. The lowest BCUT2D eigenvalue weighted by Gasteiger charge is -2.10. The SMILES string of the molecule is COc1cc(NS(=O)(=O)O)ccc1NC(C)=O. The third-order valence-electron chi connectivity index (χ3n) is 1.76. The summed E-state index contributed by atoms with van der Waals surface area (Å²) in [4.78, 5) is 10.9. The molecule has 3 N–H and O–H groups in total. The summed E-state index contributed by atoms with van der Waals surface area (Å²) < 4.78 is 36.6. The average Bonchev–Trinajstić information content (AvgIpc) is 2.17. The van der Waals surface area contributed by atoms with Crippen molar-refractivity contribution in [1.29, 1.82) is 0 Å². The number of hydrogen-bond acceptors (Lipinski definition) is 4. The zero-order chi connectivity index (χ0) is 13.1. The third-order valence-corrected chi connectivity index (χ3v) is 2.25. The van der Waals surface area contributed by atoms with Crippen LogP contribution in [0.25, 0.3) is 0 Å². The minimum absolute atomic E-state index is 0.124. The Morgan fingerprint density at radius 1 is 1.41 bits per heavy atom. The van der Waals surface area contributed by atoms with E-state index < -0.39 is 10.3 Å². The highest BCUT2D eigenvalue weighted by Gasteiger charge is 2.09. The molecule has 17 heavy (non-hydrogen) atoms. The highest BCUT2D eigenvalue weighted by Crippen LogP contribution is 2.28. The van der Waals surface area contributed by atoms with E-state index in [4.69, 9.17) is 9.29 Å².